The van der Waals surface area contributed by atoms with Crippen molar-refractivity contribution in [1.29, 1.82) is 0 Å². The number of carbonyl (C=O) groups is 1. The number of amides is 1. The van der Waals surface area contributed by atoms with Gasteiger partial charge >= 0.3 is 12.5 Å². The van der Waals surface area contributed by atoms with E-state index in [2.05, 4.69) is 15.0 Å². The van der Waals surface area contributed by atoms with Crippen molar-refractivity contribution >= 4 is 22.7 Å². The summed E-state index contributed by atoms with van der Waals surface area (Å²) >= 11 is 0. The summed E-state index contributed by atoms with van der Waals surface area (Å²) in [6, 6.07) is 14.1. The number of nitrogens with one attached hydrogen (secondary N) is 1. The van der Waals surface area contributed by atoms with Crippen LogP contribution in [0.3, 0.4) is 0 Å². The van der Waals surface area contributed by atoms with Crippen LogP contribution in [0.15, 0.2) is 60.8 Å². The number of pyridine rings is 1. The van der Waals surface area contributed by atoms with Crippen molar-refractivity contribution in [3.63, 3.8) is 0 Å². The van der Waals surface area contributed by atoms with Gasteiger partial charge in [0.2, 0.25) is 0 Å². The second-order valence-electron chi connectivity index (χ2n) is 8.86. The van der Waals surface area contributed by atoms with Crippen molar-refractivity contribution in [1.82, 2.24) is 4.98 Å². The summed E-state index contributed by atoms with van der Waals surface area (Å²) in [7, 11) is 3.10. The molecule has 3 aromatic carbocycles. The zero-order valence-corrected chi connectivity index (χ0v) is 22.4. The van der Waals surface area contributed by atoms with E-state index in [0.717, 1.165) is 10.9 Å². The minimum atomic E-state index is -4.82. The van der Waals surface area contributed by atoms with Crippen LogP contribution in [-0.2, 0) is 4.74 Å². The molecule has 1 heterocycles. The fourth-order valence-electron chi connectivity index (χ4n) is 4.02. The normalized spacial score (nSPS) is 12.0. The van der Waals surface area contributed by atoms with Crippen LogP contribution in [0.2, 0.25) is 0 Å². The Bertz CT molecular complexity index is 1540. The van der Waals surface area contributed by atoms with Gasteiger partial charge in [-0.15, -0.1) is 13.2 Å². The predicted molar refractivity (Wildman–Crippen MR) is 142 cm³/mol. The molecule has 0 aliphatic rings. The molecular formula is C29H27F3N2O6. The molecule has 0 spiro atoms. The Kier molecular flexibility index (Phi) is 8.22. The molecule has 8 nitrogen and oxygen atoms in total. The van der Waals surface area contributed by atoms with Gasteiger partial charge in [0.05, 0.1) is 19.7 Å². The highest BCUT2D eigenvalue weighted by molar-refractivity contribution is 5.89. The van der Waals surface area contributed by atoms with Gasteiger partial charge in [0, 0.05) is 23.3 Å². The monoisotopic (exact) mass is 556 g/mol. The number of nitrogens with zero attached hydrogens (tertiary/aromatic N) is 1. The molecule has 210 valence electrons. The van der Waals surface area contributed by atoms with E-state index in [1.807, 2.05) is 6.92 Å². The lowest BCUT2D eigenvalue weighted by Gasteiger charge is -2.18. The standard InChI is InChI=1S/C29H27F3N2O6/c1-16-12-25(39-24-9-10-33-23-15-27(37-5)26(36-4)14-21(23)24)17(2)11-22(16)34-28(35)38-18(3)19-7-6-8-20(13-19)40-29(30,31)32/h6-15,18H,1-5H3,(H,34,35). The SMILES string of the molecule is COc1cc2nccc(Oc3cc(C)c(NC(=O)OC(C)c4cccc(OC(F)(F)F)c4)cc3C)c2cc1OC. The first kappa shape index (κ1) is 28.3. The van der Waals surface area contributed by atoms with Crippen molar-refractivity contribution in [2.75, 3.05) is 19.5 Å². The quantitative estimate of drug-likeness (QED) is 0.236. The first-order valence-electron chi connectivity index (χ1n) is 12.1. The van der Waals surface area contributed by atoms with Crippen LogP contribution in [0.25, 0.3) is 10.9 Å². The summed E-state index contributed by atoms with van der Waals surface area (Å²) in [6.07, 6.45) is -4.80. The van der Waals surface area contributed by atoms with Crippen molar-refractivity contribution in [2.45, 2.75) is 33.2 Å². The zero-order valence-electron chi connectivity index (χ0n) is 22.4. The number of halogens is 3. The van der Waals surface area contributed by atoms with Gasteiger partial charge in [0.1, 0.15) is 23.4 Å². The Balaban J connectivity index is 1.49. The van der Waals surface area contributed by atoms with Gasteiger partial charge < -0.3 is 23.7 Å². The number of fused-ring (bicyclic) bond motifs is 1. The van der Waals surface area contributed by atoms with Gasteiger partial charge in [-0.2, -0.15) is 0 Å². The van der Waals surface area contributed by atoms with Crippen LogP contribution >= 0.6 is 0 Å². The van der Waals surface area contributed by atoms with Crippen LogP contribution in [0, 0.1) is 13.8 Å². The third kappa shape index (κ3) is 6.66. The lowest BCUT2D eigenvalue weighted by atomic mass is 10.1. The number of methoxy groups -OCH3 is 2. The first-order valence-corrected chi connectivity index (χ1v) is 12.1. The highest BCUT2D eigenvalue weighted by Crippen LogP contribution is 2.38. The van der Waals surface area contributed by atoms with Gasteiger partial charge in [-0.25, -0.2) is 4.79 Å². The molecule has 40 heavy (non-hydrogen) atoms. The summed E-state index contributed by atoms with van der Waals surface area (Å²) in [5, 5.41) is 3.41. The van der Waals surface area contributed by atoms with Crippen LogP contribution in [0.5, 0.6) is 28.7 Å². The van der Waals surface area contributed by atoms with Crippen molar-refractivity contribution < 1.29 is 41.7 Å². The maximum Gasteiger partial charge on any atom is 0.573 e. The Morgan fingerprint density at radius 3 is 2.33 bits per heavy atom. The molecule has 0 bridgehead atoms. The molecule has 0 fully saturated rings. The third-order valence-corrected chi connectivity index (χ3v) is 6.03. The second-order valence-corrected chi connectivity index (χ2v) is 8.86. The molecule has 0 aliphatic carbocycles. The van der Waals surface area contributed by atoms with E-state index in [-0.39, 0.29) is 0 Å². The summed E-state index contributed by atoms with van der Waals surface area (Å²) in [5.74, 6) is 1.80. The van der Waals surface area contributed by atoms with Crippen molar-refractivity contribution in [3.8, 4) is 28.7 Å². The molecule has 0 radical (unpaired) electrons. The van der Waals surface area contributed by atoms with E-state index in [4.69, 9.17) is 18.9 Å². The predicted octanol–water partition coefficient (Wildman–Crippen LogP) is 7.87. The average Bonchev–Trinajstić information content (AvgIpc) is 2.90. The van der Waals surface area contributed by atoms with E-state index in [1.165, 1.54) is 24.3 Å². The number of alkyl halides is 3. The van der Waals surface area contributed by atoms with Gasteiger partial charge in [-0.05, 0) is 73.9 Å². The van der Waals surface area contributed by atoms with Gasteiger partial charge in [0.25, 0.3) is 0 Å². The molecule has 1 amide bonds. The first-order chi connectivity index (χ1) is 19.0. The molecule has 0 aliphatic heterocycles. The Labute approximate surface area is 228 Å². The highest BCUT2D eigenvalue weighted by Gasteiger charge is 2.31. The number of carbonyl (C=O) groups excluding carboxylic acids is 1. The van der Waals surface area contributed by atoms with Gasteiger partial charge in [-0.3, -0.25) is 10.3 Å². The van der Waals surface area contributed by atoms with Crippen LogP contribution in [0.4, 0.5) is 23.7 Å². The van der Waals surface area contributed by atoms with E-state index >= 15 is 0 Å². The Morgan fingerprint density at radius 1 is 0.900 bits per heavy atom. The topological polar surface area (TPSA) is 88.1 Å². The second kappa shape index (κ2) is 11.6. The number of benzene rings is 3. The van der Waals surface area contributed by atoms with Gasteiger partial charge in [-0.1, -0.05) is 12.1 Å². The lowest BCUT2D eigenvalue weighted by molar-refractivity contribution is -0.274. The summed E-state index contributed by atoms with van der Waals surface area (Å²) in [5.41, 5.74) is 2.92. The molecular weight excluding hydrogens is 529 g/mol. The molecule has 0 saturated heterocycles. The summed E-state index contributed by atoms with van der Waals surface area (Å²) < 4.78 is 63.9. The Morgan fingerprint density at radius 2 is 1.62 bits per heavy atom. The molecule has 4 aromatic rings. The van der Waals surface area contributed by atoms with E-state index < -0.39 is 24.3 Å². The number of anilines is 1. The van der Waals surface area contributed by atoms with Crippen LogP contribution in [0.1, 0.15) is 29.7 Å². The minimum Gasteiger partial charge on any atom is -0.493 e. The average molecular weight is 557 g/mol. The maximum absolute atomic E-state index is 12.6. The number of ether oxygens (including phenoxy) is 5. The number of aryl methyl sites for hydroxylation is 2. The maximum atomic E-state index is 12.6. The van der Waals surface area contributed by atoms with Crippen molar-refractivity contribution in [3.05, 3.63) is 77.5 Å². The fraction of sp³-hybridized carbons (Fsp3) is 0.241. The molecule has 1 atom stereocenters. The van der Waals surface area contributed by atoms with Crippen molar-refractivity contribution in [2.24, 2.45) is 0 Å². The molecule has 0 saturated carbocycles. The number of rotatable bonds is 8. The largest absolute Gasteiger partial charge is 0.573 e. The third-order valence-electron chi connectivity index (χ3n) is 6.03. The van der Waals surface area contributed by atoms with E-state index in [9.17, 15) is 18.0 Å². The Hall–Kier alpha value is -4.67. The van der Waals surface area contributed by atoms with E-state index in [0.29, 0.717) is 45.3 Å². The van der Waals surface area contributed by atoms with E-state index in [1.54, 1.807) is 64.6 Å². The summed E-state index contributed by atoms with van der Waals surface area (Å²) in [4.78, 5) is 17.0. The minimum absolute atomic E-state index is 0.340. The number of aromatic nitrogens is 1. The van der Waals surface area contributed by atoms with Crippen LogP contribution < -0.4 is 24.3 Å². The summed E-state index contributed by atoms with van der Waals surface area (Å²) in [6.45, 7) is 5.17. The smallest absolute Gasteiger partial charge is 0.493 e. The van der Waals surface area contributed by atoms with Gasteiger partial charge in [0.15, 0.2) is 11.5 Å². The molecule has 4 rings (SSSR count). The molecule has 1 unspecified atom stereocenters. The fourth-order valence-corrected chi connectivity index (χ4v) is 4.02. The lowest BCUT2D eigenvalue weighted by Crippen LogP contribution is -2.18. The molecule has 1 N–H and O–H groups in total. The van der Waals surface area contributed by atoms with Crippen LogP contribution in [-0.4, -0.2) is 31.7 Å². The number of hydrogen-bond donors (Lipinski definition) is 1. The molecule has 1 aromatic heterocycles. The highest BCUT2D eigenvalue weighted by atomic mass is 19.4. The molecule has 11 heteroatoms. The number of hydrogen-bond acceptors (Lipinski definition) is 7. The zero-order chi connectivity index (χ0) is 29.0.